The Balaban J connectivity index is 0.000000165. The number of nitrogens with zero attached hydrogens (tertiary/aromatic N) is 16. The highest BCUT2D eigenvalue weighted by molar-refractivity contribution is 8.00. The molecule has 13 rings (SSSR count). The number of hydrogen-bond acceptors (Lipinski definition) is 42. The Bertz CT molecular complexity index is 3530. The van der Waals surface area contributed by atoms with E-state index in [0.29, 0.717) is 17.4 Å². The summed E-state index contributed by atoms with van der Waals surface area (Å²) in [6, 6.07) is 1.51. The smallest absolute Gasteiger partial charge is 0.351 e. The number of ether oxygens (including phenoxy) is 7. The van der Waals surface area contributed by atoms with Gasteiger partial charge in [0.25, 0.3) is 11.8 Å². The number of nitrogens with two attached hydrogens (primary N) is 6. The van der Waals surface area contributed by atoms with Crippen LogP contribution in [0.3, 0.4) is 0 Å². The standard InChI is InChI=1S/C7H8FN3O3S.2C7H11N5O4.2C7H10N4O5.C7H9N3O3S.C5H10O2/c8-3-1-11(6(12)10-5(3)9)4-2-15-7(13)14-4;2*8-4(9)5-10-1-12(11-5)6-2(13)3(14)7(15)16-6;2*8-4(14)5-9-1-11(10-5)6-2(12)3(13)7(15)16-6;8-4-1-2-10(6(11)9-4)5-3-14-7(12)13-5;1-4-2-5(6)7-3-4/h1,4,7,13H,2H2,(H2,9,10,12);2*1-3,6-7,13-15H,(H3,8,9);2*1-3,6-7,12-13,15H,(H2,8,14);1-2,5,7,12H,3H2,(H2,8,9,11);4-6H,2-3H2,1H3/t;4*2-,3+,6-,7+;;/m.1010../s1. The van der Waals surface area contributed by atoms with E-state index >= 15 is 0 Å². The molecule has 7 fully saturated rings. The molecule has 6 aromatic heterocycles. The largest absolute Gasteiger partial charge is 0.385 e. The van der Waals surface area contributed by atoms with Crippen molar-refractivity contribution < 1.29 is 124 Å². The molecule has 13 heterocycles. The average Bonchev–Trinajstić information content (AvgIpc) is 1.65. The summed E-state index contributed by atoms with van der Waals surface area (Å²) < 4.78 is 53.7. The number of carbonyl (C=O) groups excluding carboxylic acids is 2. The van der Waals surface area contributed by atoms with Crippen LogP contribution in [0, 0.1) is 22.6 Å². The van der Waals surface area contributed by atoms with Gasteiger partial charge in [-0.1, -0.05) is 30.4 Å². The maximum absolute atomic E-state index is 13.0. The zero-order valence-corrected chi connectivity index (χ0v) is 52.7. The lowest BCUT2D eigenvalue weighted by Gasteiger charge is -2.13. The van der Waals surface area contributed by atoms with Crippen LogP contribution in [-0.4, -0.2) is 288 Å². The van der Waals surface area contributed by atoms with Crippen LogP contribution in [0.15, 0.2) is 53.4 Å². The fraction of sp³-hybridized carbons (Fsp3) is 0.574. The molecule has 100 heavy (non-hydrogen) atoms. The van der Waals surface area contributed by atoms with E-state index in [-0.39, 0.29) is 40.8 Å². The molecule has 2 amide bonds. The number of amidine groups is 2. The normalized spacial score (nSPS) is 32.4. The van der Waals surface area contributed by atoms with Gasteiger partial charge in [-0.25, -0.2) is 52.6 Å². The van der Waals surface area contributed by atoms with Gasteiger partial charge in [-0.3, -0.25) is 29.5 Å². The van der Waals surface area contributed by atoms with E-state index in [1.807, 2.05) is 0 Å². The molecule has 0 bridgehead atoms. The van der Waals surface area contributed by atoms with E-state index in [4.69, 9.17) is 114 Å². The number of nitrogens with one attached hydrogen (secondary N) is 2. The first kappa shape index (κ1) is 78.9. The lowest BCUT2D eigenvalue weighted by atomic mass is 10.1. The molecule has 0 saturated carbocycles. The first-order valence-corrected chi connectivity index (χ1v) is 30.5. The highest BCUT2D eigenvalue weighted by Crippen LogP contribution is 2.33. The molecule has 7 saturated heterocycles. The quantitative estimate of drug-likeness (QED) is 0.0447. The molecule has 53 heteroatoms. The van der Waals surface area contributed by atoms with Crippen molar-refractivity contribution in [1.29, 1.82) is 10.8 Å². The first-order chi connectivity index (χ1) is 47.0. The molecule has 6 aromatic rings. The van der Waals surface area contributed by atoms with E-state index in [2.05, 4.69) is 57.2 Å². The second kappa shape index (κ2) is 34.8. The van der Waals surface area contributed by atoms with E-state index in [1.54, 1.807) is 0 Å². The molecule has 50 nitrogen and oxygen atoms in total. The Morgan fingerprint density at radius 2 is 0.860 bits per heavy atom. The molecule has 29 N–H and O–H groups in total. The summed E-state index contributed by atoms with van der Waals surface area (Å²) >= 11 is 2.34. The summed E-state index contributed by atoms with van der Waals surface area (Å²) in [4.78, 5) is 65.5. The summed E-state index contributed by atoms with van der Waals surface area (Å²) in [5, 5.41) is 167. The Morgan fingerprint density at radius 3 is 1.11 bits per heavy atom. The number of aliphatic hydroxyl groups is 15. The number of thioether (sulfide) groups is 2. The number of aliphatic hydroxyl groups excluding tert-OH is 15. The summed E-state index contributed by atoms with van der Waals surface area (Å²) in [5.74, 6) is -2.46. The van der Waals surface area contributed by atoms with Crippen LogP contribution in [0.25, 0.3) is 0 Å². The molecule has 22 atom stereocenters. The van der Waals surface area contributed by atoms with Crippen molar-refractivity contribution >= 4 is 58.6 Å². The molecular formula is C47H69FN24O26S2. The van der Waals surface area contributed by atoms with Crippen LogP contribution < -0.4 is 45.8 Å². The Labute approximate surface area is 564 Å². The van der Waals surface area contributed by atoms with Crippen molar-refractivity contribution in [2.24, 2.45) is 28.9 Å². The topological polar surface area (TPSA) is 799 Å². The fourth-order valence-corrected chi connectivity index (χ4v) is 10.2. The van der Waals surface area contributed by atoms with Crippen LogP contribution in [-0.2, 0) is 33.2 Å². The van der Waals surface area contributed by atoms with E-state index in [9.17, 15) is 64.4 Å². The van der Waals surface area contributed by atoms with E-state index in [1.165, 1.54) is 41.2 Å². The van der Waals surface area contributed by atoms with Crippen LogP contribution >= 0.6 is 23.5 Å². The summed E-state index contributed by atoms with van der Waals surface area (Å²) in [6.45, 7) is 2.79. The number of rotatable bonds is 10. The molecule has 7 aliphatic rings. The highest BCUT2D eigenvalue weighted by atomic mass is 32.2. The van der Waals surface area contributed by atoms with Crippen molar-refractivity contribution in [2.45, 2.75) is 142 Å². The first-order valence-electron chi connectivity index (χ1n) is 28.4. The Kier molecular flexibility index (Phi) is 27.4. The van der Waals surface area contributed by atoms with Crippen molar-refractivity contribution in [1.82, 2.24) is 78.2 Å². The van der Waals surface area contributed by atoms with Crippen LogP contribution in [0.4, 0.5) is 16.0 Å². The minimum absolute atomic E-state index is 0.0216. The summed E-state index contributed by atoms with van der Waals surface area (Å²) in [6.07, 6.45) is -15.2. The predicted octanol–water partition coefficient (Wildman–Crippen LogP) is -12.6. The number of halogens is 1. The summed E-state index contributed by atoms with van der Waals surface area (Å²) in [5.41, 5.74) is 27.6. The van der Waals surface area contributed by atoms with E-state index in [0.717, 1.165) is 66.9 Å². The van der Waals surface area contributed by atoms with Crippen molar-refractivity contribution in [3.05, 3.63) is 93.9 Å². The van der Waals surface area contributed by atoms with Crippen molar-refractivity contribution in [2.75, 3.05) is 29.6 Å². The zero-order valence-electron chi connectivity index (χ0n) is 51.1. The third-order valence-corrected chi connectivity index (χ3v) is 15.5. The average molecular weight is 1470 g/mol. The molecule has 6 unspecified atom stereocenters. The van der Waals surface area contributed by atoms with Gasteiger partial charge in [0.1, 0.15) is 80.0 Å². The van der Waals surface area contributed by atoms with Gasteiger partial charge in [0.05, 0.1) is 12.8 Å². The number of hydrogen-bond donors (Lipinski definition) is 23. The highest BCUT2D eigenvalue weighted by Gasteiger charge is 2.47. The predicted molar refractivity (Wildman–Crippen MR) is 320 cm³/mol. The third-order valence-electron chi connectivity index (χ3n) is 13.7. The number of aromatic nitrogens is 16. The number of anilines is 2. The maximum Gasteiger partial charge on any atom is 0.351 e. The van der Waals surface area contributed by atoms with Crippen LogP contribution in [0.1, 0.15) is 83.6 Å². The third kappa shape index (κ3) is 20.0. The van der Waals surface area contributed by atoms with Crippen LogP contribution in [0.2, 0.25) is 0 Å². The van der Waals surface area contributed by atoms with Gasteiger partial charge in [-0.2, -0.15) is 9.97 Å². The molecule has 0 spiro atoms. The van der Waals surface area contributed by atoms with Gasteiger partial charge >= 0.3 is 11.4 Å². The van der Waals surface area contributed by atoms with Crippen LogP contribution in [0.5, 0.6) is 0 Å². The van der Waals surface area contributed by atoms with Gasteiger partial charge in [-0.05, 0) is 12.0 Å². The lowest BCUT2D eigenvalue weighted by molar-refractivity contribution is -0.144. The molecule has 0 aliphatic carbocycles. The van der Waals surface area contributed by atoms with Gasteiger partial charge in [0.15, 0.2) is 92.1 Å². The van der Waals surface area contributed by atoms with E-state index < -0.39 is 164 Å². The molecule has 7 aliphatic heterocycles. The summed E-state index contributed by atoms with van der Waals surface area (Å²) in [7, 11) is 0. The zero-order chi connectivity index (χ0) is 73.9. The molecule has 0 aromatic carbocycles. The minimum atomic E-state index is -1.51. The van der Waals surface area contributed by atoms with Gasteiger partial charge in [0.2, 0.25) is 34.5 Å². The van der Waals surface area contributed by atoms with Gasteiger partial charge < -0.3 is 144 Å². The van der Waals surface area contributed by atoms with Crippen molar-refractivity contribution in [3.63, 3.8) is 0 Å². The van der Waals surface area contributed by atoms with Gasteiger partial charge in [0, 0.05) is 24.1 Å². The number of amides is 2. The number of nitrogen functional groups attached to an aromatic ring is 4. The van der Waals surface area contributed by atoms with Gasteiger partial charge in [-0.15, -0.1) is 20.4 Å². The second-order valence-electron chi connectivity index (χ2n) is 21.1. The molecule has 0 radical (unpaired) electrons. The fourth-order valence-electron chi connectivity index (χ4n) is 8.61. The lowest BCUT2D eigenvalue weighted by Crippen LogP contribution is -2.31. The molecule has 552 valence electrons. The number of carbonyl (C=O) groups is 2. The monoisotopic (exact) mass is 1470 g/mol. The number of primary amides is 2. The maximum atomic E-state index is 13.0. The minimum Gasteiger partial charge on any atom is -0.385 e. The van der Waals surface area contributed by atoms with Crippen molar-refractivity contribution in [3.8, 4) is 0 Å². The Hall–Kier alpha value is -8.45. The Morgan fingerprint density at radius 1 is 0.520 bits per heavy atom. The second-order valence-corrected chi connectivity index (χ2v) is 23.3. The molecular weight excluding hydrogens is 1400 g/mol. The SMILES string of the molecule is CC1COC(O)C1.N=C(N)c1ncn([C@@H]2O[C@H](O)[C@@H](O)[C@H]2O)n1.N=C(N)c1ncn([C@H]2O[C@@H](O)[C@H](O)[C@@H]2O)n1.NC(=O)c1ncn([C@@H]2O[C@H](O)[C@@H](O)[C@H]2O)n1.NC(=O)c1ncn([C@H]2O[C@@H](O)[C@H](O)[C@@H]2O)n1.Nc1ccn(C2CSC(O)O2)c(=O)n1.Nc1nc(=O)n(C2CSC(O)O2)cc1F.